The lowest BCUT2D eigenvalue weighted by atomic mass is 9.99. The molecule has 0 amide bonds. The molecule has 0 aliphatic rings. The van der Waals surface area contributed by atoms with Crippen molar-refractivity contribution >= 4 is 49.3 Å². The van der Waals surface area contributed by atoms with Crippen LogP contribution in [0.2, 0.25) is 0 Å². The van der Waals surface area contributed by atoms with E-state index in [4.69, 9.17) is 21.5 Å². The Morgan fingerprint density at radius 1 is 0.345 bits per heavy atom. The van der Waals surface area contributed by atoms with Crippen LogP contribution in [0.1, 0.15) is 0 Å². The first-order valence-electron chi connectivity index (χ1n) is 19.2. The molecule has 0 aliphatic carbocycles. The number of benzene rings is 8. The van der Waals surface area contributed by atoms with Crippen molar-refractivity contribution < 1.29 is 0 Å². The van der Waals surface area contributed by atoms with Gasteiger partial charge >= 0.3 is 0 Å². The maximum absolute atomic E-state index is 8.23. The largest absolute Gasteiger partial charge is 0.319 e. The molecular formula is C52H32N6. The highest BCUT2D eigenvalue weighted by Crippen LogP contribution is 2.41. The fourth-order valence-corrected chi connectivity index (χ4v) is 8.36. The molecule has 0 radical (unpaired) electrons. The van der Waals surface area contributed by atoms with Gasteiger partial charge in [-0.25, -0.2) is 19.8 Å². The molecule has 0 unspecified atom stereocenters. The highest BCUT2D eigenvalue weighted by molar-refractivity contribution is 6.11. The van der Waals surface area contributed by atoms with Gasteiger partial charge in [0.15, 0.2) is 17.5 Å². The predicted molar refractivity (Wildman–Crippen MR) is 237 cm³/mol. The van der Waals surface area contributed by atoms with Crippen molar-refractivity contribution in [2.24, 2.45) is 0 Å². The number of rotatable bonds is 6. The number of aromatic nitrogens is 5. The zero-order valence-corrected chi connectivity index (χ0v) is 31.2. The van der Waals surface area contributed by atoms with Gasteiger partial charge in [-0.1, -0.05) is 152 Å². The van der Waals surface area contributed by atoms with Crippen LogP contribution in [-0.4, -0.2) is 24.1 Å². The molecule has 0 bridgehead atoms. The SMILES string of the molecule is [C-]#[N+]c1ccc(-c2ccc(-n3c4ccccc4c4ccccc43)c(-c3nc(-c4ccccc4)nc(-c4ccccc4)n3)c2)cc1-n1c2ccccc2c2ccccc21. The Bertz CT molecular complexity index is 3240. The predicted octanol–water partition coefficient (Wildman–Crippen LogP) is 13.3. The summed E-state index contributed by atoms with van der Waals surface area (Å²) in [5, 5.41) is 4.64. The highest BCUT2D eigenvalue weighted by atomic mass is 15.1. The first-order chi connectivity index (χ1) is 28.7. The van der Waals surface area contributed by atoms with E-state index in [0.717, 1.165) is 72.0 Å². The molecule has 8 aromatic carbocycles. The average Bonchev–Trinajstić information content (AvgIpc) is 3.82. The first-order valence-corrected chi connectivity index (χ1v) is 19.2. The van der Waals surface area contributed by atoms with Crippen molar-refractivity contribution in [2.45, 2.75) is 0 Å². The molecule has 270 valence electrons. The van der Waals surface area contributed by atoms with Crippen LogP contribution in [0.4, 0.5) is 5.69 Å². The summed E-state index contributed by atoms with van der Waals surface area (Å²) in [5.74, 6) is 1.75. The highest BCUT2D eigenvalue weighted by Gasteiger charge is 2.21. The third-order valence-corrected chi connectivity index (χ3v) is 11.0. The fourth-order valence-electron chi connectivity index (χ4n) is 8.36. The summed E-state index contributed by atoms with van der Waals surface area (Å²) in [5.41, 5.74) is 11.3. The number of para-hydroxylation sites is 4. The summed E-state index contributed by atoms with van der Waals surface area (Å²) in [6.45, 7) is 8.23. The van der Waals surface area contributed by atoms with Gasteiger partial charge in [-0.05, 0) is 53.6 Å². The third-order valence-electron chi connectivity index (χ3n) is 11.0. The van der Waals surface area contributed by atoms with Crippen molar-refractivity contribution in [1.29, 1.82) is 0 Å². The molecule has 6 heteroatoms. The summed E-state index contributed by atoms with van der Waals surface area (Å²) < 4.78 is 4.54. The lowest BCUT2D eigenvalue weighted by molar-refractivity contribution is 1.06. The van der Waals surface area contributed by atoms with Crippen molar-refractivity contribution in [3.63, 3.8) is 0 Å². The van der Waals surface area contributed by atoms with Gasteiger partial charge in [0.1, 0.15) is 0 Å². The second-order valence-electron chi connectivity index (χ2n) is 14.3. The molecule has 11 aromatic rings. The number of hydrogen-bond donors (Lipinski definition) is 0. The van der Waals surface area contributed by atoms with E-state index in [9.17, 15) is 0 Å². The topological polar surface area (TPSA) is 52.9 Å². The Morgan fingerprint density at radius 2 is 0.741 bits per heavy atom. The molecule has 6 nitrogen and oxygen atoms in total. The van der Waals surface area contributed by atoms with E-state index >= 15 is 0 Å². The Kier molecular flexibility index (Phi) is 7.76. The quantitative estimate of drug-likeness (QED) is 0.160. The summed E-state index contributed by atoms with van der Waals surface area (Å²) in [7, 11) is 0. The molecule has 0 N–H and O–H groups in total. The van der Waals surface area contributed by atoms with Crippen LogP contribution in [-0.2, 0) is 0 Å². The van der Waals surface area contributed by atoms with E-state index in [1.54, 1.807) is 0 Å². The molecule has 0 saturated carbocycles. The number of nitrogens with zero attached hydrogens (tertiary/aromatic N) is 6. The van der Waals surface area contributed by atoms with Crippen molar-refractivity contribution in [3.05, 3.63) is 206 Å². The zero-order valence-electron chi connectivity index (χ0n) is 31.2. The fraction of sp³-hybridized carbons (Fsp3) is 0. The van der Waals surface area contributed by atoms with E-state index in [0.29, 0.717) is 23.2 Å². The zero-order chi connectivity index (χ0) is 38.6. The minimum absolute atomic E-state index is 0.562. The summed E-state index contributed by atoms with van der Waals surface area (Å²) in [6, 6.07) is 66.7. The van der Waals surface area contributed by atoms with E-state index in [1.165, 1.54) is 10.8 Å². The molecular weight excluding hydrogens is 709 g/mol. The lowest BCUT2D eigenvalue weighted by Crippen LogP contribution is -2.04. The van der Waals surface area contributed by atoms with Crippen LogP contribution < -0.4 is 0 Å². The van der Waals surface area contributed by atoms with E-state index < -0.39 is 0 Å². The minimum atomic E-state index is 0.562. The average molecular weight is 741 g/mol. The molecule has 0 spiro atoms. The van der Waals surface area contributed by atoms with E-state index in [-0.39, 0.29) is 0 Å². The Morgan fingerprint density at radius 3 is 1.22 bits per heavy atom. The molecule has 0 aliphatic heterocycles. The van der Waals surface area contributed by atoms with Crippen molar-refractivity contribution in [3.8, 4) is 56.7 Å². The standard InChI is InChI=1S/C52H32N6/c1-53-43-30-28-37(33-49(43)58-46-26-14-10-22-40(46)41-23-11-15-27-47(41)58)36-29-31-48(57-44-24-12-8-20-38(44)39-21-9-13-25-45(39)57)42(32-36)52-55-50(34-16-4-2-5-17-34)54-51(56-52)35-18-6-3-7-19-35/h2-33H. The molecule has 3 heterocycles. The molecule has 0 saturated heterocycles. The van der Waals surface area contributed by atoms with Gasteiger partial charge in [0.25, 0.3) is 0 Å². The second kappa shape index (κ2) is 13.6. The van der Waals surface area contributed by atoms with Crippen molar-refractivity contribution in [1.82, 2.24) is 24.1 Å². The first kappa shape index (κ1) is 33.2. The lowest BCUT2D eigenvalue weighted by Gasteiger charge is -2.17. The van der Waals surface area contributed by atoms with Gasteiger partial charge in [0.05, 0.1) is 40.0 Å². The summed E-state index contributed by atoms with van der Waals surface area (Å²) in [6.07, 6.45) is 0. The number of fused-ring (bicyclic) bond motifs is 6. The van der Waals surface area contributed by atoms with Gasteiger partial charge in [0, 0.05) is 38.2 Å². The van der Waals surface area contributed by atoms with Crippen molar-refractivity contribution in [2.75, 3.05) is 0 Å². The summed E-state index contributed by atoms with van der Waals surface area (Å²) >= 11 is 0. The van der Waals surface area contributed by atoms with Crippen LogP contribution in [0.25, 0.3) is 105 Å². The number of hydrogen-bond acceptors (Lipinski definition) is 3. The maximum Gasteiger partial charge on any atom is 0.210 e. The van der Waals surface area contributed by atoms with Gasteiger partial charge in [-0.15, -0.1) is 0 Å². The smallest absolute Gasteiger partial charge is 0.210 e. The Balaban J connectivity index is 1.19. The molecule has 0 atom stereocenters. The van der Waals surface area contributed by atoms with Crippen LogP contribution in [0.5, 0.6) is 0 Å². The Hall–Kier alpha value is -8.14. The van der Waals surface area contributed by atoms with E-state index in [2.05, 4.69) is 135 Å². The molecule has 58 heavy (non-hydrogen) atoms. The summed E-state index contributed by atoms with van der Waals surface area (Å²) in [4.78, 5) is 19.5. The monoisotopic (exact) mass is 740 g/mol. The molecule has 0 fully saturated rings. The van der Waals surface area contributed by atoms with Crippen LogP contribution in [0.3, 0.4) is 0 Å². The maximum atomic E-state index is 8.23. The van der Waals surface area contributed by atoms with Crippen LogP contribution in [0.15, 0.2) is 194 Å². The third kappa shape index (κ3) is 5.37. The van der Waals surface area contributed by atoms with Crippen LogP contribution in [0, 0.1) is 6.57 Å². The van der Waals surface area contributed by atoms with E-state index in [1.807, 2.05) is 72.8 Å². The van der Waals surface area contributed by atoms with Gasteiger partial charge in [0.2, 0.25) is 5.69 Å². The van der Waals surface area contributed by atoms with Gasteiger partial charge < -0.3 is 9.13 Å². The van der Waals surface area contributed by atoms with Gasteiger partial charge in [-0.3, -0.25) is 0 Å². The molecule has 3 aromatic heterocycles. The Labute approximate surface area is 334 Å². The second-order valence-corrected chi connectivity index (χ2v) is 14.3. The molecule has 11 rings (SSSR count). The normalized spacial score (nSPS) is 11.4. The van der Waals surface area contributed by atoms with Gasteiger partial charge in [-0.2, -0.15) is 0 Å². The minimum Gasteiger partial charge on any atom is -0.319 e. The van der Waals surface area contributed by atoms with Crippen LogP contribution >= 0.6 is 0 Å².